The van der Waals surface area contributed by atoms with Crippen LogP contribution in [0.4, 0.5) is 4.79 Å². The molecule has 0 spiro atoms. The van der Waals surface area contributed by atoms with Gasteiger partial charge in [-0.15, -0.1) is 11.3 Å². The van der Waals surface area contributed by atoms with Crippen LogP contribution in [0, 0.1) is 0 Å². The average molecular weight is 332 g/mol. The lowest BCUT2D eigenvalue weighted by Crippen LogP contribution is -2.36. The van der Waals surface area contributed by atoms with Crippen molar-refractivity contribution in [2.45, 2.75) is 19.9 Å². The molecule has 1 heterocycles. The highest BCUT2D eigenvalue weighted by atomic mass is 32.1. The van der Waals surface area contributed by atoms with Crippen molar-refractivity contribution < 1.29 is 14.3 Å². The molecular formula is C17H20N2O3S. The molecule has 0 saturated heterocycles. The van der Waals surface area contributed by atoms with Crippen molar-refractivity contribution >= 4 is 23.2 Å². The molecule has 0 bridgehead atoms. The molecule has 2 N–H and O–H groups in total. The van der Waals surface area contributed by atoms with Gasteiger partial charge in [-0.2, -0.15) is 0 Å². The first kappa shape index (κ1) is 17.0. The van der Waals surface area contributed by atoms with Crippen LogP contribution in [0.25, 0.3) is 0 Å². The van der Waals surface area contributed by atoms with E-state index in [9.17, 15) is 9.59 Å². The molecule has 0 aliphatic carbocycles. The highest BCUT2D eigenvalue weighted by Crippen LogP contribution is 2.17. The molecule has 0 fully saturated rings. The van der Waals surface area contributed by atoms with E-state index in [4.69, 9.17) is 4.74 Å². The molecule has 0 saturated carbocycles. The number of amides is 2. The molecule has 0 radical (unpaired) electrons. The maximum atomic E-state index is 11.7. The van der Waals surface area contributed by atoms with Crippen molar-refractivity contribution in [1.82, 2.24) is 10.6 Å². The van der Waals surface area contributed by atoms with Gasteiger partial charge in [0.25, 0.3) is 0 Å². The van der Waals surface area contributed by atoms with Crippen molar-refractivity contribution in [1.29, 1.82) is 0 Å². The number of rotatable bonds is 7. The molecular weight excluding hydrogens is 312 g/mol. The fourth-order valence-electron chi connectivity index (χ4n) is 1.99. The number of methoxy groups -OCH3 is 1. The Morgan fingerprint density at radius 3 is 2.43 bits per heavy atom. The number of thiophene rings is 1. The second-order valence-electron chi connectivity index (χ2n) is 5.03. The summed E-state index contributed by atoms with van der Waals surface area (Å²) >= 11 is 1.47. The van der Waals surface area contributed by atoms with Crippen LogP contribution in [0.15, 0.2) is 36.4 Å². The van der Waals surface area contributed by atoms with Gasteiger partial charge in [-0.3, -0.25) is 4.79 Å². The summed E-state index contributed by atoms with van der Waals surface area (Å²) in [5.74, 6) is 0.866. The third kappa shape index (κ3) is 5.41. The Labute approximate surface area is 139 Å². The normalized spacial score (nSPS) is 10.2. The summed E-state index contributed by atoms with van der Waals surface area (Å²) in [6.07, 6.45) is 0.716. The van der Waals surface area contributed by atoms with Crippen LogP contribution in [-0.4, -0.2) is 25.5 Å². The van der Waals surface area contributed by atoms with Crippen LogP contribution in [-0.2, 0) is 13.0 Å². The van der Waals surface area contributed by atoms with Crippen LogP contribution >= 0.6 is 11.3 Å². The summed E-state index contributed by atoms with van der Waals surface area (Å²) in [6, 6.07) is 11.1. The van der Waals surface area contributed by atoms with E-state index in [0.29, 0.717) is 19.5 Å². The third-order valence-corrected chi connectivity index (χ3v) is 4.52. The quantitative estimate of drug-likeness (QED) is 0.766. The predicted molar refractivity (Wildman–Crippen MR) is 91.3 cm³/mol. The first-order valence-corrected chi connectivity index (χ1v) is 8.14. The standard InChI is InChI=1S/C17H20N2O3S/c1-12(20)16-8-7-15(23-16)9-10-18-17(21)19-11-13-3-5-14(22-2)6-4-13/h3-8H,9-11H2,1-2H3,(H2,18,19,21). The van der Waals surface area contributed by atoms with Crippen LogP contribution < -0.4 is 15.4 Å². The topological polar surface area (TPSA) is 67.4 Å². The van der Waals surface area contributed by atoms with Crippen molar-refractivity contribution in [2.24, 2.45) is 0 Å². The number of ketones is 1. The number of Topliss-reactive ketones (excluding diaryl/α,β-unsaturated/α-hetero) is 1. The van der Waals surface area contributed by atoms with E-state index >= 15 is 0 Å². The van der Waals surface area contributed by atoms with Gasteiger partial charge in [0.05, 0.1) is 12.0 Å². The van der Waals surface area contributed by atoms with Gasteiger partial charge in [-0.1, -0.05) is 12.1 Å². The predicted octanol–water partition coefficient (Wildman–Crippen LogP) is 3.00. The van der Waals surface area contributed by atoms with Crippen molar-refractivity contribution in [3.8, 4) is 5.75 Å². The van der Waals surface area contributed by atoms with Gasteiger partial charge in [0.15, 0.2) is 5.78 Å². The van der Waals surface area contributed by atoms with E-state index in [1.54, 1.807) is 14.0 Å². The summed E-state index contributed by atoms with van der Waals surface area (Å²) < 4.78 is 5.09. The number of hydrogen-bond acceptors (Lipinski definition) is 4. The van der Waals surface area contributed by atoms with E-state index in [-0.39, 0.29) is 11.8 Å². The number of carbonyl (C=O) groups excluding carboxylic acids is 2. The SMILES string of the molecule is COc1ccc(CNC(=O)NCCc2ccc(C(C)=O)s2)cc1. The third-order valence-electron chi connectivity index (χ3n) is 3.28. The zero-order valence-corrected chi connectivity index (χ0v) is 14.0. The molecule has 2 aromatic rings. The summed E-state index contributed by atoms with van der Waals surface area (Å²) in [6.45, 7) is 2.55. The van der Waals surface area contributed by atoms with Crippen molar-refractivity contribution in [3.05, 3.63) is 51.7 Å². The number of benzene rings is 1. The summed E-state index contributed by atoms with van der Waals surface area (Å²) in [5, 5.41) is 5.61. The van der Waals surface area contributed by atoms with Crippen LogP contribution in [0.2, 0.25) is 0 Å². The minimum atomic E-state index is -0.204. The largest absolute Gasteiger partial charge is 0.497 e. The second-order valence-corrected chi connectivity index (χ2v) is 6.20. The minimum absolute atomic E-state index is 0.0754. The van der Waals surface area contributed by atoms with E-state index in [1.165, 1.54) is 11.3 Å². The van der Waals surface area contributed by atoms with Crippen LogP contribution in [0.3, 0.4) is 0 Å². The molecule has 0 aliphatic heterocycles. The van der Waals surface area contributed by atoms with E-state index in [1.807, 2.05) is 36.4 Å². The maximum Gasteiger partial charge on any atom is 0.315 e. The molecule has 0 aliphatic rings. The summed E-state index contributed by atoms with van der Waals surface area (Å²) in [5.41, 5.74) is 1.00. The number of carbonyl (C=O) groups is 2. The average Bonchev–Trinajstić information content (AvgIpc) is 3.02. The van der Waals surface area contributed by atoms with Gasteiger partial charge < -0.3 is 15.4 Å². The van der Waals surface area contributed by atoms with Crippen molar-refractivity contribution in [2.75, 3.05) is 13.7 Å². The Hall–Kier alpha value is -2.34. The fraction of sp³-hybridized carbons (Fsp3) is 0.294. The van der Waals surface area contributed by atoms with E-state index in [2.05, 4.69) is 10.6 Å². The van der Waals surface area contributed by atoms with Gasteiger partial charge in [0, 0.05) is 18.0 Å². The van der Waals surface area contributed by atoms with Crippen molar-refractivity contribution in [3.63, 3.8) is 0 Å². The molecule has 122 valence electrons. The summed E-state index contributed by atoms with van der Waals surface area (Å²) in [4.78, 5) is 24.8. The molecule has 2 rings (SSSR count). The van der Waals surface area contributed by atoms with Gasteiger partial charge in [0.1, 0.15) is 5.75 Å². The lowest BCUT2D eigenvalue weighted by atomic mass is 10.2. The lowest BCUT2D eigenvalue weighted by molar-refractivity contribution is 0.102. The first-order valence-electron chi connectivity index (χ1n) is 7.33. The molecule has 1 aromatic carbocycles. The van der Waals surface area contributed by atoms with Gasteiger partial charge in [-0.05, 0) is 43.2 Å². The number of ether oxygens (including phenoxy) is 1. The van der Waals surface area contributed by atoms with Gasteiger partial charge in [0.2, 0.25) is 0 Å². The van der Waals surface area contributed by atoms with E-state index < -0.39 is 0 Å². The fourth-order valence-corrected chi connectivity index (χ4v) is 2.89. The number of urea groups is 1. The van der Waals surface area contributed by atoms with Gasteiger partial charge >= 0.3 is 6.03 Å². The lowest BCUT2D eigenvalue weighted by Gasteiger charge is -2.08. The Balaban J connectivity index is 1.69. The highest BCUT2D eigenvalue weighted by Gasteiger charge is 2.05. The zero-order chi connectivity index (χ0) is 16.7. The molecule has 1 aromatic heterocycles. The molecule has 6 heteroatoms. The Morgan fingerprint density at radius 1 is 1.09 bits per heavy atom. The zero-order valence-electron chi connectivity index (χ0n) is 13.2. The Bertz CT molecular complexity index is 665. The molecule has 5 nitrogen and oxygen atoms in total. The molecule has 0 unspecified atom stereocenters. The molecule has 23 heavy (non-hydrogen) atoms. The van der Waals surface area contributed by atoms with Gasteiger partial charge in [-0.25, -0.2) is 4.79 Å². The van der Waals surface area contributed by atoms with Crippen LogP contribution in [0.5, 0.6) is 5.75 Å². The molecule has 2 amide bonds. The highest BCUT2D eigenvalue weighted by molar-refractivity contribution is 7.14. The second kappa shape index (κ2) is 8.33. The number of hydrogen-bond donors (Lipinski definition) is 2. The molecule has 0 atom stereocenters. The minimum Gasteiger partial charge on any atom is -0.497 e. The first-order chi connectivity index (χ1) is 11.1. The van der Waals surface area contributed by atoms with Crippen LogP contribution in [0.1, 0.15) is 27.0 Å². The smallest absolute Gasteiger partial charge is 0.315 e. The monoisotopic (exact) mass is 332 g/mol. The summed E-state index contributed by atoms with van der Waals surface area (Å²) in [7, 11) is 1.62. The Morgan fingerprint density at radius 2 is 1.83 bits per heavy atom. The Kier molecular flexibility index (Phi) is 6.17. The van der Waals surface area contributed by atoms with E-state index in [0.717, 1.165) is 21.1 Å². The maximum absolute atomic E-state index is 11.7. The number of nitrogens with one attached hydrogen (secondary N) is 2.